The zero-order valence-corrected chi connectivity index (χ0v) is 10.2. The lowest BCUT2D eigenvalue weighted by Crippen LogP contribution is -2.17. The molecule has 0 aromatic heterocycles. The molecule has 0 saturated heterocycles. The minimum Gasteiger partial charge on any atom is -0.457 e. The highest BCUT2D eigenvalue weighted by molar-refractivity contribution is 5.32. The van der Waals surface area contributed by atoms with E-state index in [1.807, 2.05) is 54.6 Å². The smallest absolute Gasteiger partial charge is 0.127 e. The Morgan fingerprint density at radius 1 is 0.889 bits per heavy atom. The number of aliphatic hydroxyl groups excluding tert-OH is 1. The molecule has 0 aliphatic carbocycles. The van der Waals surface area contributed by atoms with Gasteiger partial charge in [0.1, 0.15) is 11.5 Å². The first kappa shape index (κ1) is 12.6. The molecule has 94 valence electrons. The highest BCUT2D eigenvalue weighted by atomic mass is 16.5. The van der Waals surface area contributed by atoms with Gasteiger partial charge in [-0.25, -0.2) is 0 Å². The topological polar surface area (TPSA) is 41.5 Å². The highest BCUT2D eigenvalue weighted by Crippen LogP contribution is 2.21. The van der Waals surface area contributed by atoms with Crippen LogP contribution in [0.4, 0.5) is 0 Å². The van der Waals surface area contributed by atoms with E-state index in [0.717, 1.165) is 24.5 Å². The van der Waals surface area contributed by atoms with E-state index < -0.39 is 0 Å². The summed E-state index contributed by atoms with van der Waals surface area (Å²) in [5.41, 5.74) is 1.22. The third-order valence-corrected chi connectivity index (χ3v) is 2.60. The average molecular weight is 243 g/mol. The number of hydrogen-bond acceptors (Lipinski definition) is 3. The van der Waals surface area contributed by atoms with Crippen LogP contribution < -0.4 is 10.1 Å². The third kappa shape index (κ3) is 3.87. The number of para-hydroxylation sites is 1. The number of benzene rings is 2. The minimum absolute atomic E-state index is 0.0230. The standard InChI is InChI=1S/C15H17NO2/c17-12-16-11-10-13-6-8-15(9-7-13)18-14-4-2-1-3-5-14/h1-9,16-17H,10-12H2. The first-order chi connectivity index (χ1) is 8.88. The van der Waals surface area contributed by atoms with Crippen LogP contribution in [0.1, 0.15) is 5.56 Å². The van der Waals surface area contributed by atoms with E-state index in [1.165, 1.54) is 5.56 Å². The maximum absolute atomic E-state index is 8.62. The molecule has 0 atom stereocenters. The summed E-state index contributed by atoms with van der Waals surface area (Å²) in [4.78, 5) is 0. The Balaban J connectivity index is 1.91. The number of hydrogen-bond donors (Lipinski definition) is 2. The Morgan fingerprint density at radius 2 is 1.56 bits per heavy atom. The molecule has 2 aromatic carbocycles. The molecule has 2 aromatic rings. The minimum atomic E-state index is 0.0230. The van der Waals surface area contributed by atoms with E-state index in [9.17, 15) is 0 Å². The maximum atomic E-state index is 8.62. The van der Waals surface area contributed by atoms with Gasteiger partial charge < -0.3 is 9.84 Å². The van der Waals surface area contributed by atoms with Crippen molar-refractivity contribution in [3.63, 3.8) is 0 Å². The lowest BCUT2D eigenvalue weighted by molar-refractivity contribution is 0.262. The molecule has 3 nitrogen and oxygen atoms in total. The molecule has 0 amide bonds. The quantitative estimate of drug-likeness (QED) is 0.605. The Labute approximate surface area is 107 Å². The van der Waals surface area contributed by atoms with Crippen LogP contribution in [0.5, 0.6) is 11.5 Å². The Kier molecular flexibility index (Phi) is 4.76. The molecule has 0 fully saturated rings. The van der Waals surface area contributed by atoms with E-state index in [0.29, 0.717) is 0 Å². The highest BCUT2D eigenvalue weighted by Gasteiger charge is 1.97. The van der Waals surface area contributed by atoms with E-state index in [1.54, 1.807) is 0 Å². The van der Waals surface area contributed by atoms with Gasteiger partial charge in [-0.3, -0.25) is 5.32 Å². The van der Waals surface area contributed by atoms with Crippen molar-refractivity contribution in [3.05, 3.63) is 60.2 Å². The molecule has 0 unspecified atom stereocenters. The first-order valence-corrected chi connectivity index (χ1v) is 6.02. The third-order valence-electron chi connectivity index (χ3n) is 2.60. The van der Waals surface area contributed by atoms with Gasteiger partial charge in [0, 0.05) is 6.54 Å². The molecular formula is C15H17NO2. The number of ether oxygens (including phenoxy) is 1. The van der Waals surface area contributed by atoms with Gasteiger partial charge in [0.15, 0.2) is 0 Å². The van der Waals surface area contributed by atoms with Gasteiger partial charge in [0.05, 0.1) is 6.73 Å². The van der Waals surface area contributed by atoms with Crippen molar-refractivity contribution >= 4 is 0 Å². The number of rotatable bonds is 6. The Morgan fingerprint density at radius 3 is 2.22 bits per heavy atom. The average Bonchev–Trinajstić information content (AvgIpc) is 2.42. The van der Waals surface area contributed by atoms with Gasteiger partial charge in [-0.05, 0) is 36.2 Å². The summed E-state index contributed by atoms with van der Waals surface area (Å²) in [6, 6.07) is 17.7. The zero-order valence-electron chi connectivity index (χ0n) is 10.2. The second kappa shape index (κ2) is 6.79. The summed E-state index contributed by atoms with van der Waals surface area (Å²) in [5.74, 6) is 1.67. The molecule has 0 spiro atoms. The Bertz CT molecular complexity index is 454. The molecule has 3 heteroatoms. The monoisotopic (exact) mass is 243 g/mol. The van der Waals surface area contributed by atoms with Gasteiger partial charge in [-0.1, -0.05) is 30.3 Å². The van der Waals surface area contributed by atoms with Crippen LogP contribution in [-0.2, 0) is 6.42 Å². The zero-order chi connectivity index (χ0) is 12.6. The van der Waals surface area contributed by atoms with Crippen LogP contribution >= 0.6 is 0 Å². The summed E-state index contributed by atoms with van der Waals surface area (Å²) in [6.07, 6.45) is 0.895. The second-order valence-electron chi connectivity index (χ2n) is 3.97. The van der Waals surface area contributed by atoms with Gasteiger partial charge in [0.25, 0.3) is 0 Å². The van der Waals surface area contributed by atoms with Gasteiger partial charge in [-0.2, -0.15) is 0 Å². The first-order valence-electron chi connectivity index (χ1n) is 6.02. The molecule has 0 heterocycles. The van der Waals surface area contributed by atoms with Crippen molar-refractivity contribution in [2.24, 2.45) is 0 Å². The van der Waals surface area contributed by atoms with Crippen molar-refractivity contribution in [3.8, 4) is 11.5 Å². The molecule has 2 rings (SSSR count). The van der Waals surface area contributed by atoms with Crippen molar-refractivity contribution in [1.29, 1.82) is 0 Å². The van der Waals surface area contributed by atoms with Crippen LogP contribution in [0.3, 0.4) is 0 Å². The Hall–Kier alpha value is -1.84. The van der Waals surface area contributed by atoms with Crippen molar-refractivity contribution in [2.75, 3.05) is 13.3 Å². The summed E-state index contributed by atoms with van der Waals surface area (Å²) in [7, 11) is 0. The van der Waals surface area contributed by atoms with Crippen molar-refractivity contribution in [2.45, 2.75) is 6.42 Å². The lowest BCUT2D eigenvalue weighted by Gasteiger charge is -2.06. The van der Waals surface area contributed by atoms with E-state index in [-0.39, 0.29) is 6.73 Å². The molecule has 18 heavy (non-hydrogen) atoms. The van der Waals surface area contributed by atoms with E-state index >= 15 is 0 Å². The van der Waals surface area contributed by atoms with E-state index in [2.05, 4.69) is 5.32 Å². The van der Waals surface area contributed by atoms with Gasteiger partial charge in [-0.15, -0.1) is 0 Å². The molecule has 0 bridgehead atoms. The maximum Gasteiger partial charge on any atom is 0.127 e. The molecule has 0 saturated carbocycles. The molecule has 0 aliphatic rings. The van der Waals surface area contributed by atoms with Crippen molar-refractivity contribution < 1.29 is 9.84 Å². The normalized spacial score (nSPS) is 10.3. The molecular weight excluding hydrogens is 226 g/mol. The lowest BCUT2D eigenvalue weighted by atomic mass is 10.1. The van der Waals surface area contributed by atoms with Gasteiger partial charge in [0.2, 0.25) is 0 Å². The van der Waals surface area contributed by atoms with E-state index in [4.69, 9.17) is 9.84 Å². The van der Waals surface area contributed by atoms with Crippen LogP contribution in [0.2, 0.25) is 0 Å². The van der Waals surface area contributed by atoms with Crippen LogP contribution in [0, 0.1) is 0 Å². The predicted octanol–water partition coefficient (Wildman–Crippen LogP) is 2.56. The fourth-order valence-electron chi connectivity index (χ4n) is 1.66. The van der Waals surface area contributed by atoms with Gasteiger partial charge >= 0.3 is 0 Å². The predicted molar refractivity (Wildman–Crippen MR) is 71.8 cm³/mol. The van der Waals surface area contributed by atoms with Crippen LogP contribution in [0.25, 0.3) is 0 Å². The fraction of sp³-hybridized carbons (Fsp3) is 0.200. The molecule has 0 radical (unpaired) electrons. The summed E-state index contributed by atoms with van der Waals surface area (Å²) in [6.45, 7) is 0.796. The number of aliphatic hydroxyl groups is 1. The van der Waals surface area contributed by atoms with Crippen molar-refractivity contribution in [1.82, 2.24) is 5.32 Å². The SMILES string of the molecule is OCNCCc1ccc(Oc2ccccc2)cc1. The molecule has 0 aliphatic heterocycles. The second-order valence-corrected chi connectivity index (χ2v) is 3.97. The largest absolute Gasteiger partial charge is 0.457 e. The van der Waals surface area contributed by atoms with Crippen LogP contribution in [-0.4, -0.2) is 18.4 Å². The van der Waals surface area contributed by atoms with Crippen LogP contribution in [0.15, 0.2) is 54.6 Å². The summed E-state index contributed by atoms with van der Waals surface area (Å²) in [5, 5.41) is 11.5. The molecule has 2 N–H and O–H groups in total. The number of nitrogens with one attached hydrogen (secondary N) is 1. The fourth-order valence-corrected chi connectivity index (χ4v) is 1.66. The summed E-state index contributed by atoms with van der Waals surface area (Å²) >= 11 is 0. The summed E-state index contributed by atoms with van der Waals surface area (Å²) < 4.78 is 5.70.